The third-order valence-corrected chi connectivity index (χ3v) is 4.18. The van der Waals surface area contributed by atoms with E-state index < -0.39 is 6.10 Å². The summed E-state index contributed by atoms with van der Waals surface area (Å²) in [7, 11) is 0. The molecule has 0 unspecified atom stereocenters. The smallest absolute Gasteiger partial charge is 0.260 e. The van der Waals surface area contributed by atoms with Gasteiger partial charge in [-0.1, -0.05) is 31.4 Å². The number of nitrogens with one attached hydrogen (secondary N) is 1. The lowest BCUT2D eigenvalue weighted by Crippen LogP contribution is -2.43. The zero-order valence-electron chi connectivity index (χ0n) is 12.7. The van der Waals surface area contributed by atoms with Gasteiger partial charge in [-0.15, -0.1) is 0 Å². The molecule has 0 aromatic heterocycles. The van der Waals surface area contributed by atoms with Crippen molar-refractivity contribution >= 4 is 5.91 Å². The molecule has 110 valence electrons. The van der Waals surface area contributed by atoms with Crippen LogP contribution >= 0.6 is 0 Å². The number of rotatable bonds is 4. The van der Waals surface area contributed by atoms with Gasteiger partial charge in [0.05, 0.1) is 0 Å². The molecule has 0 aliphatic heterocycles. The fourth-order valence-corrected chi connectivity index (χ4v) is 2.66. The Hall–Kier alpha value is -1.51. The topological polar surface area (TPSA) is 38.3 Å². The molecule has 0 bridgehead atoms. The predicted octanol–water partition coefficient (Wildman–Crippen LogP) is 3.52. The van der Waals surface area contributed by atoms with Crippen LogP contribution in [0.3, 0.4) is 0 Å². The van der Waals surface area contributed by atoms with Gasteiger partial charge in [-0.2, -0.15) is 0 Å². The first kappa shape index (κ1) is 14.9. The maximum Gasteiger partial charge on any atom is 0.260 e. The van der Waals surface area contributed by atoms with E-state index in [1.807, 2.05) is 26.0 Å². The third kappa shape index (κ3) is 3.75. The Kier molecular flexibility index (Phi) is 5.05. The van der Waals surface area contributed by atoms with Gasteiger partial charge in [-0.25, -0.2) is 0 Å². The van der Waals surface area contributed by atoms with Gasteiger partial charge in [0.25, 0.3) is 5.91 Å². The molecular weight excluding hydrogens is 250 g/mol. The molecule has 2 rings (SSSR count). The number of hydrogen-bond donors (Lipinski definition) is 1. The number of amides is 1. The second-order valence-electron chi connectivity index (χ2n) is 5.80. The Bertz CT molecular complexity index is 464. The summed E-state index contributed by atoms with van der Waals surface area (Å²) in [6.45, 7) is 5.89. The van der Waals surface area contributed by atoms with Crippen LogP contribution in [0.5, 0.6) is 5.75 Å². The summed E-state index contributed by atoms with van der Waals surface area (Å²) in [4.78, 5) is 12.2. The average molecular weight is 275 g/mol. The van der Waals surface area contributed by atoms with Crippen LogP contribution in [0.25, 0.3) is 0 Å². The van der Waals surface area contributed by atoms with Crippen molar-refractivity contribution in [1.82, 2.24) is 5.32 Å². The predicted molar refractivity (Wildman–Crippen MR) is 81.0 cm³/mol. The molecule has 0 heterocycles. The normalized spacial score (nSPS) is 17.6. The molecule has 1 saturated carbocycles. The summed E-state index contributed by atoms with van der Waals surface area (Å²) < 4.78 is 5.82. The van der Waals surface area contributed by atoms with Gasteiger partial charge in [0, 0.05) is 6.04 Å². The van der Waals surface area contributed by atoms with Gasteiger partial charge in [-0.05, 0) is 50.8 Å². The highest BCUT2D eigenvalue weighted by Gasteiger charge is 2.21. The highest BCUT2D eigenvalue weighted by Crippen LogP contribution is 2.22. The number of ether oxygens (including phenoxy) is 1. The number of hydrogen-bond acceptors (Lipinski definition) is 2. The maximum absolute atomic E-state index is 12.2. The second kappa shape index (κ2) is 6.78. The van der Waals surface area contributed by atoms with Crippen molar-refractivity contribution in [2.24, 2.45) is 0 Å². The third-order valence-electron chi connectivity index (χ3n) is 4.18. The molecule has 3 heteroatoms. The van der Waals surface area contributed by atoms with Crippen molar-refractivity contribution in [3.05, 3.63) is 29.3 Å². The molecule has 1 aliphatic rings. The lowest BCUT2D eigenvalue weighted by atomic mass is 9.95. The monoisotopic (exact) mass is 275 g/mol. The first-order chi connectivity index (χ1) is 9.58. The second-order valence-corrected chi connectivity index (χ2v) is 5.80. The van der Waals surface area contributed by atoms with Crippen molar-refractivity contribution in [3.63, 3.8) is 0 Å². The Balaban J connectivity index is 1.91. The van der Waals surface area contributed by atoms with E-state index in [1.54, 1.807) is 0 Å². The fraction of sp³-hybridized carbons (Fsp3) is 0.588. The fourth-order valence-electron chi connectivity index (χ4n) is 2.66. The van der Waals surface area contributed by atoms with E-state index >= 15 is 0 Å². The van der Waals surface area contributed by atoms with E-state index in [9.17, 15) is 4.79 Å². The van der Waals surface area contributed by atoms with Crippen molar-refractivity contribution in [2.45, 2.75) is 65.0 Å². The quantitative estimate of drug-likeness (QED) is 0.913. The highest BCUT2D eigenvalue weighted by atomic mass is 16.5. The number of aryl methyl sites for hydroxylation is 1. The van der Waals surface area contributed by atoms with E-state index in [1.165, 1.54) is 24.8 Å². The summed E-state index contributed by atoms with van der Waals surface area (Å²) in [5, 5.41) is 3.11. The van der Waals surface area contributed by atoms with E-state index in [2.05, 4.69) is 18.3 Å². The molecule has 0 radical (unpaired) electrons. The SMILES string of the molecule is Cc1cccc(O[C@@H](C)C(=O)NC2CCCCC2)c1C. The summed E-state index contributed by atoms with van der Waals surface area (Å²) in [6.07, 6.45) is 5.48. The Morgan fingerprint density at radius 1 is 1.25 bits per heavy atom. The minimum atomic E-state index is -0.447. The zero-order valence-corrected chi connectivity index (χ0v) is 12.7. The van der Waals surface area contributed by atoms with Gasteiger partial charge in [0.1, 0.15) is 5.75 Å². The molecule has 1 amide bonds. The number of carbonyl (C=O) groups is 1. The summed E-state index contributed by atoms with van der Waals surface area (Å²) in [5.74, 6) is 0.800. The van der Waals surface area contributed by atoms with Crippen LogP contribution in [0.1, 0.15) is 50.2 Å². The van der Waals surface area contributed by atoms with Crippen LogP contribution < -0.4 is 10.1 Å². The lowest BCUT2D eigenvalue weighted by molar-refractivity contribution is -0.128. The standard InChI is InChI=1S/C17H25NO2/c1-12-8-7-11-16(13(12)2)20-14(3)17(19)18-15-9-5-4-6-10-15/h7-8,11,14-15H,4-6,9-10H2,1-3H3,(H,18,19)/t14-/m0/s1. The number of benzene rings is 1. The van der Waals surface area contributed by atoms with Gasteiger partial charge in [0.2, 0.25) is 0 Å². The average Bonchev–Trinajstić information content (AvgIpc) is 2.45. The summed E-state index contributed by atoms with van der Waals surface area (Å²) >= 11 is 0. The molecule has 1 aromatic carbocycles. The molecule has 1 atom stereocenters. The first-order valence-electron chi connectivity index (χ1n) is 7.61. The number of carbonyl (C=O) groups excluding carboxylic acids is 1. The van der Waals surface area contributed by atoms with Crippen LogP contribution in [0.2, 0.25) is 0 Å². The highest BCUT2D eigenvalue weighted by molar-refractivity contribution is 5.81. The minimum Gasteiger partial charge on any atom is -0.481 e. The summed E-state index contributed by atoms with van der Waals surface area (Å²) in [5.41, 5.74) is 2.28. The van der Waals surface area contributed by atoms with Crippen LogP contribution in [-0.4, -0.2) is 18.1 Å². The molecule has 3 nitrogen and oxygen atoms in total. The molecule has 0 spiro atoms. The molecule has 0 saturated heterocycles. The Morgan fingerprint density at radius 3 is 2.65 bits per heavy atom. The van der Waals surface area contributed by atoms with Crippen molar-refractivity contribution in [2.75, 3.05) is 0 Å². The lowest BCUT2D eigenvalue weighted by Gasteiger charge is -2.25. The molecular formula is C17H25NO2. The summed E-state index contributed by atoms with van der Waals surface area (Å²) in [6, 6.07) is 6.27. The zero-order chi connectivity index (χ0) is 14.5. The van der Waals surface area contributed by atoms with E-state index in [-0.39, 0.29) is 5.91 Å². The van der Waals surface area contributed by atoms with Crippen LogP contribution in [0.4, 0.5) is 0 Å². The van der Waals surface area contributed by atoms with Crippen LogP contribution in [0, 0.1) is 13.8 Å². The van der Waals surface area contributed by atoms with Gasteiger partial charge in [0.15, 0.2) is 6.10 Å². The van der Waals surface area contributed by atoms with Crippen molar-refractivity contribution < 1.29 is 9.53 Å². The molecule has 1 aliphatic carbocycles. The first-order valence-corrected chi connectivity index (χ1v) is 7.61. The van der Waals surface area contributed by atoms with Crippen molar-refractivity contribution in [3.8, 4) is 5.75 Å². The van der Waals surface area contributed by atoms with E-state index in [0.29, 0.717) is 6.04 Å². The van der Waals surface area contributed by atoms with Crippen LogP contribution in [-0.2, 0) is 4.79 Å². The molecule has 20 heavy (non-hydrogen) atoms. The molecule has 1 fully saturated rings. The van der Waals surface area contributed by atoms with E-state index in [0.717, 1.165) is 24.2 Å². The van der Waals surface area contributed by atoms with Gasteiger partial charge < -0.3 is 10.1 Å². The molecule has 1 N–H and O–H groups in total. The Morgan fingerprint density at radius 2 is 1.95 bits per heavy atom. The van der Waals surface area contributed by atoms with Crippen LogP contribution in [0.15, 0.2) is 18.2 Å². The van der Waals surface area contributed by atoms with Gasteiger partial charge in [-0.3, -0.25) is 4.79 Å². The minimum absolute atomic E-state index is 0.00203. The van der Waals surface area contributed by atoms with E-state index in [4.69, 9.17) is 4.74 Å². The maximum atomic E-state index is 12.2. The van der Waals surface area contributed by atoms with Crippen molar-refractivity contribution in [1.29, 1.82) is 0 Å². The Labute approximate surface area is 121 Å². The largest absolute Gasteiger partial charge is 0.481 e. The molecule has 1 aromatic rings. The van der Waals surface area contributed by atoms with Gasteiger partial charge >= 0.3 is 0 Å².